The normalized spacial score (nSPS) is 23.0. The first-order valence-electron chi connectivity index (χ1n) is 7.12. The standard InChI is InChI=1S/C15H18F2N2O/c16-12-4-1-3-10(14(12)17)9-19-8-2-5-13(19)15(20)18-11-6-7-11/h1,3-4,11,13H,2,5-9H2,(H,18,20)/t13-/m1/s1. The Hall–Kier alpha value is -1.49. The van der Waals surface area contributed by atoms with Crippen LogP contribution in [0.15, 0.2) is 18.2 Å². The van der Waals surface area contributed by atoms with Gasteiger partial charge in [-0.15, -0.1) is 0 Å². The van der Waals surface area contributed by atoms with Crippen LogP contribution in [0.25, 0.3) is 0 Å². The fourth-order valence-corrected chi connectivity index (χ4v) is 2.73. The predicted molar refractivity (Wildman–Crippen MR) is 71.0 cm³/mol. The number of hydrogen-bond acceptors (Lipinski definition) is 2. The quantitative estimate of drug-likeness (QED) is 0.917. The monoisotopic (exact) mass is 280 g/mol. The van der Waals surface area contributed by atoms with E-state index in [1.807, 2.05) is 4.90 Å². The van der Waals surface area contributed by atoms with E-state index in [4.69, 9.17) is 0 Å². The molecule has 20 heavy (non-hydrogen) atoms. The SMILES string of the molecule is O=C(NC1CC1)[C@H]1CCCN1Cc1cccc(F)c1F. The smallest absolute Gasteiger partial charge is 0.237 e. The average Bonchev–Trinajstić information content (AvgIpc) is 3.11. The van der Waals surface area contributed by atoms with Crippen molar-refractivity contribution in [2.75, 3.05) is 6.54 Å². The molecule has 3 nitrogen and oxygen atoms in total. The second-order valence-corrected chi connectivity index (χ2v) is 5.62. The van der Waals surface area contributed by atoms with Crippen LogP contribution in [-0.4, -0.2) is 29.4 Å². The molecule has 2 aliphatic rings. The molecule has 1 aliphatic carbocycles. The van der Waals surface area contributed by atoms with Crippen molar-refractivity contribution < 1.29 is 13.6 Å². The molecule has 1 saturated heterocycles. The fraction of sp³-hybridized carbons (Fsp3) is 0.533. The molecule has 1 aliphatic heterocycles. The summed E-state index contributed by atoms with van der Waals surface area (Å²) >= 11 is 0. The Labute approximate surface area is 117 Å². The van der Waals surface area contributed by atoms with E-state index in [1.54, 1.807) is 6.07 Å². The number of halogens is 2. The molecule has 0 radical (unpaired) electrons. The molecule has 1 N–H and O–H groups in total. The van der Waals surface area contributed by atoms with Crippen LogP contribution in [0.3, 0.4) is 0 Å². The topological polar surface area (TPSA) is 32.3 Å². The maximum absolute atomic E-state index is 13.7. The summed E-state index contributed by atoms with van der Waals surface area (Å²) in [5.74, 6) is -1.61. The van der Waals surface area contributed by atoms with Gasteiger partial charge in [0.1, 0.15) is 0 Å². The first-order chi connectivity index (χ1) is 9.65. The van der Waals surface area contributed by atoms with Crippen molar-refractivity contribution >= 4 is 5.91 Å². The first-order valence-corrected chi connectivity index (χ1v) is 7.12. The summed E-state index contributed by atoms with van der Waals surface area (Å²) in [6, 6.07) is 4.31. The molecule has 108 valence electrons. The van der Waals surface area contributed by atoms with Crippen LogP contribution in [0.5, 0.6) is 0 Å². The fourth-order valence-electron chi connectivity index (χ4n) is 2.73. The Balaban J connectivity index is 1.68. The molecular weight excluding hydrogens is 262 g/mol. The number of nitrogens with zero attached hydrogens (tertiary/aromatic N) is 1. The summed E-state index contributed by atoms with van der Waals surface area (Å²) in [4.78, 5) is 14.1. The summed E-state index contributed by atoms with van der Waals surface area (Å²) in [6.07, 6.45) is 3.81. The van der Waals surface area contributed by atoms with Gasteiger partial charge in [-0.1, -0.05) is 12.1 Å². The van der Waals surface area contributed by atoms with Gasteiger partial charge in [0.15, 0.2) is 11.6 Å². The maximum Gasteiger partial charge on any atom is 0.237 e. The van der Waals surface area contributed by atoms with E-state index in [0.29, 0.717) is 11.6 Å². The number of hydrogen-bond donors (Lipinski definition) is 1. The van der Waals surface area contributed by atoms with E-state index in [2.05, 4.69) is 5.32 Å². The number of rotatable bonds is 4. The van der Waals surface area contributed by atoms with Crippen molar-refractivity contribution in [2.24, 2.45) is 0 Å². The minimum Gasteiger partial charge on any atom is -0.352 e. The molecule has 1 aromatic carbocycles. The molecule has 1 heterocycles. The zero-order chi connectivity index (χ0) is 14.1. The highest BCUT2D eigenvalue weighted by atomic mass is 19.2. The lowest BCUT2D eigenvalue weighted by Gasteiger charge is -2.24. The van der Waals surface area contributed by atoms with Gasteiger partial charge in [0, 0.05) is 18.2 Å². The third-order valence-corrected chi connectivity index (χ3v) is 4.00. The summed E-state index contributed by atoms with van der Waals surface area (Å²) in [6.45, 7) is 1.03. The average molecular weight is 280 g/mol. The zero-order valence-electron chi connectivity index (χ0n) is 11.2. The summed E-state index contributed by atoms with van der Waals surface area (Å²) in [5.41, 5.74) is 0.316. The number of likely N-dealkylation sites (tertiary alicyclic amines) is 1. The highest BCUT2D eigenvalue weighted by Crippen LogP contribution is 2.24. The molecule has 0 spiro atoms. The number of nitrogens with one attached hydrogen (secondary N) is 1. The van der Waals surface area contributed by atoms with Crippen LogP contribution < -0.4 is 5.32 Å². The van der Waals surface area contributed by atoms with Crippen molar-refractivity contribution in [2.45, 2.75) is 44.3 Å². The Morgan fingerprint density at radius 3 is 2.85 bits per heavy atom. The lowest BCUT2D eigenvalue weighted by Crippen LogP contribution is -2.43. The Bertz CT molecular complexity index is 517. The largest absolute Gasteiger partial charge is 0.352 e. The summed E-state index contributed by atoms with van der Waals surface area (Å²) in [5, 5.41) is 2.99. The van der Waals surface area contributed by atoms with Gasteiger partial charge in [-0.2, -0.15) is 0 Å². The van der Waals surface area contributed by atoms with Crippen LogP contribution >= 0.6 is 0 Å². The molecule has 0 bridgehead atoms. The zero-order valence-corrected chi connectivity index (χ0v) is 11.2. The van der Waals surface area contributed by atoms with Crippen LogP contribution in [0.1, 0.15) is 31.2 Å². The van der Waals surface area contributed by atoms with Crippen molar-refractivity contribution in [1.29, 1.82) is 0 Å². The molecular formula is C15H18F2N2O. The number of amides is 1. The molecule has 2 fully saturated rings. The number of carbonyl (C=O) groups excluding carboxylic acids is 1. The lowest BCUT2D eigenvalue weighted by atomic mass is 10.1. The van der Waals surface area contributed by atoms with Crippen molar-refractivity contribution in [3.8, 4) is 0 Å². The second-order valence-electron chi connectivity index (χ2n) is 5.62. The number of benzene rings is 1. The minimum absolute atomic E-state index is 0.0295. The van der Waals surface area contributed by atoms with E-state index in [-0.39, 0.29) is 18.5 Å². The molecule has 0 aromatic heterocycles. The van der Waals surface area contributed by atoms with Crippen LogP contribution in [-0.2, 0) is 11.3 Å². The van der Waals surface area contributed by atoms with Crippen LogP contribution in [0.4, 0.5) is 8.78 Å². The van der Waals surface area contributed by atoms with Gasteiger partial charge in [0.05, 0.1) is 6.04 Å². The van der Waals surface area contributed by atoms with E-state index in [0.717, 1.165) is 38.3 Å². The molecule has 0 unspecified atom stereocenters. The van der Waals surface area contributed by atoms with Crippen molar-refractivity contribution in [3.05, 3.63) is 35.4 Å². The van der Waals surface area contributed by atoms with E-state index in [1.165, 1.54) is 6.07 Å². The molecule has 5 heteroatoms. The Kier molecular flexibility index (Phi) is 3.70. The third-order valence-electron chi connectivity index (χ3n) is 4.00. The van der Waals surface area contributed by atoms with E-state index in [9.17, 15) is 13.6 Å². The van der Waals surface area contributed by atoms with Gasteiger partial charge in [-0.25, -0.2) is 8.78 Å². The highest BCUT2D eigenvalue weighted by Gasteiger charge is 2.34. The maximum atomic E-state index is 13.7. The van der Waals surface area contributed by atoms with E-state index < -0.39 is 11.6 Å². The Morgan fingerprint density at radius 2 is 2.10 bits per heavy atom. The van der Waals surface area contributed by atoms with Crippen LogP contribution in [0.2, 0.25) is 0 Å². The van der Waals surface area contributed by atoms with Gasteiger partial charge >= 0.3 is 0 Å². The summed E-state index contributed by atoms with van der Waals surface area (Å²) < 4.78 is 26.9. The van der Waals surface area contributed by atoms with Crippen molar-refractivity contribution in [3.63, 3.8) is 0 Å². The molecule has 1 saturated carbocycles. The first kappa shape index (κ1) is 13.5. The molecule has 1 atom stereocenters. The molecule has 3 rings (SSSR count). The Morgan fingerprint density at radius 1 is 1.30 bits per heavy atom. The molecule has 1 aromatic rings. The van der Waals surface area contributed by atoms with Crippen LogP contribution in [0, 0.1) is 11.6 Å². The van der Waals surface area contributed by atoms with Gasteiger partial charge < -0.3 is 5.32 Å². The van der Waals surface area contributed by atoms with Gasteiger partial charge in [0.25, 0.3) is 0 Å². The highest BCUT2D eigenvalue weighted by molar-refractivity contribution is 5.82. The second kappa shape index (κ2) is 5.48. The molecule has 1 amide bonds. The minimum atomic E-state index is -0.833. The summed E-state index contributed by atoms with van der Waals surface area (Å²) in [7, 11) is 0. The van der Waals surface area contributed by atoms with E-state index >= 15 is 0 Å². The predicted octanol–water partition coefficient (Wildman–Crippen LogP) is 2.21. The number of carbonyl (C=O) groups is 1. The van der Waals surface area contributed by atoms with Gasteiger partial charge in [-0.05, 0) is 38.3 Å². The lowest BCUT2D eigenvalue weighted by molar-refractivity contribution is -0.125. The third kappa shape index (κ3) is 2.82. The van der Waals surface area contributed by atoms with Gasteiger partial charge in [-0.3, -0.25) is 9.69 Å². The van der Waals surface area contributed by atoms with Gasteiger partial charge in [0.2, 0.25) is 5.91 Å². The van der Waals surface area contributed by atoms with Crippen molar-refractivity contribution in [1.82, 2.24) is 10.2 Å².